The topological polar surface area (TPSA) is 59.6 Å². The lowest BCUT2D eigenvalue weighted by atomic mass is 10.2. The largest absolute Gasteiger partial charge is 0.489 e. The maximum absolute atomic E-state index is 12.5. The van der Waals surface area contributed by atoms with Gasteiger partial charge in [-0.05, 0) is 50.2 Å². The Kier molecular flexibility index (Phi) is 6.52. The SMILES string of the molecule is CC(C)Oc1ccccc1NCC(=O)Nc1ccccc1Oc1ccccc1. The summed E-state index contributed by atoms with van der Waals surface area (Å²) in [4.78, 5) is 12.5. The molecule has 0 aliphatic heterocycles. The smallest absolute Gasteiger partial charge is 0.243 e. The molecule has 0 radical (unpaired) electrons. The summed E-state index contributed by atoms with van der Waals surface area (Å²) in [6, 6.07) is 24.4. The highest BCUT2D eigenvalue weighted by Gasteiger charge is 2.10. The predicted octanol–water partition coefficient (Wildman–Crippen LogP) is 5.32. The lowest BCUT2D eigenvalue weighted by molar-refractivity contribution is -0.114. The molecular formula is C23H24N2O3. The standard InChI is InChI=1S/C23H24N2O3/c1-17(2)27-21-14-8-6-12-19(21)24-16-23(26)25-20-13-7-9-15-22(20)28-18-10-4-3-5-11-18/h3-15,17,24H,16H2,1-2H3,(H,25,26). The summed E-state index contributed by atoms with van der Waals surface area (Å²) in [7, 11) is 0. The van der Waals surface area contributed by atoms with Gasteiger partial charge in [-0.3, -0.25) is 4.79 Å². The highest BCUT2D eigenvalue weighted by molar-refractivity contribution is 5.95. The lowest BCUT2D eigenvalue weighted by Crippen LogP contribution is -2.22. The molecule has 3 aromatic rings. The Bertz CT molecular complexity index is 910. The van der Waals surface area contributed by atoms with Crippen LogP contribution in [0.5, 0.6) is 17.2 Å². The summed E-state index contributed by atoms with van der Waals surface area (Å²) in [5.41, 5.74) is 1.39. The average Bonchev–Trinajstić information content (AvgIpc) is 2.69. The third-order valence-electron chi connectivity index (χ3n) is 3.82. The number of rotatable bonds is 8. The van der Waals surface area contributed by atoms with Crippen molar-refractivity contribution in [2.45, 2.75) is 20.0 Å². The molecule has 0 aliphatic carbocycles. The van der Waals surface area contributed by atoms with Gasteiger partial charge in [0.1, 0.15) is 11.5 Å². The zero-order valence-corrected chi connectivity index (χ0v) is 16.0. The van der Waals surface area contributed by atoms with Crippen LogP contribution in [0.15, 0.2) is 78.9 Å². The van der Waals surface area contributed by atoms with Crippen LogP contribution in [0.1, 0.15) is 13.8 Å². The van der Waals surface area contributed by atoms with Crippen molar-refractivity contribution in [3.63, 3.8) is 0 Å². The molecular weight excluding hydrogens is 352 g/mol. The minimum Gasteiger partial charge on any atom is -0.489 e. The molecule has 2 N–H and O–H groups in total. The maximum atomic E-state index is 12.5. The number of hydrogen-bond donors (Lipinski definition) is 2. The summed E-state index contributed by atoms with van der Waals surface area (Å²) in [5.74, 6) is 1.84. The van der Waals surface area contributed by atoms with Crippen molar-refractivity contribution in [2.75, 3.05) is 17.2 Å². The molecule has 0 saturated heterocycles. The number of hydrogen-bond acceptors (Lipinski definition) is 4. The minimum absolute atomic E-state index is 0.0544. The Hall–Kier alpha value is -3.47. The first kappa shape index (κ1) is 19.3. The Morgan fingerprint density at radius 2 is 1.43 bits per heavy atom. The number of nitrogens with one attached hydrogen (secondary N) is 2. The van der Waals surface area contributed by atoms with Crippen LogP contribution >= 0.6 is 0 Å². The van der Waals surface area contributed by atoms with Crippen molar-refractivity contribution in [1.82, 2.24) is 0 Å². The molecule has 5 heteroatoms. The highest BCUT2D eigenvalue weighted by atomic mass is 16.5. The molecule has 3 aromatic carbocycles. The average molecular weight is 376 g/mol. The number of benzene rings is 3. The van der Waals surface area contributed by atoms with Crippen LogP contribution in [0.2, 0.25) is 0 Å². The fourth-order valence-corrected chi connectivity index (χ4v) is 2.61. The number of anilines is 2. The maximum Gasteiger partial charge on any atom is 0.243 e. The molecule has 0 spiro atoms. The molecule has 0 saturated carbocycles. The highest BCUT2D eigenvalue weighted by Crippen LogP contribution is 2.29. The number of amides is 1. The van der Waals surface area contributed by atoms with Crippen LogP contribution in [0.4, 0.5) is 11.4 Å². The van der Waals surface area contributed by atoms with E-state index < -0.39 is 0 Å². The van der Waals surface area contributed by atoms with Crippen molar-refractivity contribution in [1.29, 1.82) is 0 Å². The van der Waals surface area contributed by atoms with Crippen molar-refractivity contribution in [3.8, 4) is 17.2 Å². The molecule has 0 aromatic heterocycles. The Balaban J connectivity index is 1.63. The second kappa shape index (κ2) is 9.46. The van der Waals surface area contributed by atoms with E-state index in [-0.39, 0.29) is 18.6 Å². The molecule has 0 aliphatic rings. The van der Waals surface area contributed by atoms with Crippen LogP contribution in [0.25, 0.3) is 0 Å². The Morgan fingerprint density at radius 1 is 0.821 bits per heavy atom. The van der Waals surface area contributed by atoms with E-state index in [2.05, 4.69) is 10.6 Å². The first-order valence-electron chi connectivity index (χ1n) is 9.23. The number of ether oxygens (including phenoxy) is 2. The van der Waals surface area contributed by atoms with Crippen molar-refractivity contribution in [3.05, 3.63) is 78.9 Å². The monoisotopic (exact) mass is 376 g/mol. The first-order valence-corrected chi connectivity index (χ1v) is 9.23. The summed E-state index contributed by atoms with van der Waals surface area (Å²) < 4.78 is 11.6. The van der Waals surface area contributed by atoms with Crippen LogP contribution < -0.4 is 20.1 Å². The van der Waals surface area contributed by atoms with Crippen LogP contribution in [0, 0.1) is 0 Å². The van der Waals surface area contributed by atoms with Gasteiger partial charge in [-0.2, -0.15) is 0 Å². The molecule has 0 unspecified atom stereocenters. The van der Waals surface area contributed by atoms with E-state index >= 15 is 0 Å². The Morgan fingerprint density at radius 3 is 2.14 bits per heavy atom. The van der Waals surface area contributed by atoms with Gasteiger partial charge in [-0.25, -0.2) is 0 Å². The van der Waals surface area contributed by atoms with Gasteiger partial charge >= 0.3 is 0 Å². The molecule has 28 heavy (non-hydrogen) atoms. The van der Waals surface area contributed by atoms with E-state index in [4.69, 9.17) is 9.47 Å². The first-order chi connectivity index (χ1) is 13.6. The fourth-order valence-electron chi connectivity index (χ4n) is 2.61. The van der Waals surface area contributed by atoms with Crippen LogP contribution in [-0.4, -0.2) is 18.6 Å². The van der Waals surface area contributed by atoms with Crippen LogP contribution in [0.3, 0.4) is 0 Å². The molecule has 0 heterocycles. The zero-order chi connectivity index (χ0) is 19.8. The minimum atomic E-state index is -0.177. The van der Waals surface area contributed by atoms with E-state index in [0.29, 0.717) is 17.2 Å². The fraction of sp³-hybridized carbons (Fsp3) is 0.174. The molecule has 144 valence electrons. The Labute approximate surface area is 165 Å². The van der Waals surface area contributed by atoms with E-state index in [0.717, 1.165) is 11.4 Å². The summed E-state index contributed by atoms with van der Waals surface area (Å²) in [6.45, 7) is 4.04. The summed E-state index contributed by atoms with van der Waals surface area (Å²) in [5, 5.41) is 6.02. The second-order valence-electron chi connectivity index (χ2n) is 6.48. The quantitative estimate of drug-likeness (QED) is 0.559. The normalized spacial score (nSPS) is 10.4. The van der Waals surface area contributed by atoms with E-state index in [1.165, 1.54) is 0 Å². The molecule has 0 fully saturated rings. The van der Waals surface area contributed by atoms with Gasteiger partial charge in [0.2, 0.25) is 5.91 Å². The van der Waals surface area contributed by atoms with Gasteiger partial charge in [0.05, 0.1) is 24.0 Å². The van der Waals surface area contributed by atoms with Crippen molar-refractivity contribution < 1.29 is 14.3 Å². The van der Waals surface area contributed by atoms with Gasteiger partial charge in [0.15, 0.2) is 5.75 Å². The van der Waals surface area contributed by atoms with Crippen molar-refractivity contribution >= 4 is 17.3 Å². The number of para-hydroxylation sites is 5. The molecule has 5 nitrogen and oxygen atoms in total. The van der Waals surface area contributed by atoms with Gasteiger partial charge < -0.3 is 20.1 Å². The van der Waals surface area contributed by atoms with Gasteiger partial charge in [0, 0.05) is 0 Å². The van der Waals surface area contributed by atoms with Crippen LogP contribution in [-0.2, 0) is 4.79 Å². The number of carbonyl (C=O) groups is 1. The zero-order valence-electron chi connectivity index (χ0n) is 16.0. The predicted molar refractivity (Wildman–Crippen MR) is 112 cm³/mol. The molecule has 1 amide bonds. The van der Waals surface area contributed by atoms with E-state index in [1.807, 2.05) is 92.7 Å². The third-order valence-corrected chi connectivity index (χ3v) is 3.82. The van der Waals surface area contributed by atoms with Crippen molar-refractivity contribution in [2.24, 2.45) is 0 Å². The van der Waals surface area contributed by atoms with E-state index in [1.54, 1.807) is 0 Å². The summed E-state index contributed by atoms with van der Waals surface area (Å²) in [6.07, 6.45) is 0.0544. The lowest BCUT2D eigenvalue weighted by Gasteiger charge is -2.16. The number of carbonyl (C=O) groups excluding carboxylic acids is 1. The molecule has 3 rings (SSSR count). The van der Waals surface area contributed by atoms with E-state index in [9.17, 15) is 4.79 Å². The van der Waals surface area contributed by atoms with Gasteiger partial charge in [0.25, 0.3) is 0 Å². The third kappa shape index (κ3) is 5.51. The second-order valence-corrected chi connectivity index (χ2v) is 6.48. The summed E-state index contributed by atoms with van der Waals surface area (Å²) >= 11 is 0. The molecule has 0 atom stereocenters. The van der Waals surface area contributed by atoms with Gasteiger partial charge in [-0.1, -0.05) is 42.5 Å². The van der Waals surface area contributed by atoms with Gasteiger partial charge in [-0.15, -0.1) is 0 Å². The molecule has 0 bridgehead atoms.